The summed E-state index contributed by atoms with van der Waals surface area (Å²) in [5, 5.41) is 22.7. The van der Waals surface area contributed by atoms with Crippen LogP contribution in [0.1, 0.15) is 133 Å². The van der Waals surface area contributed by atoms with Gasteiger partial charge in [0.2, 0.25) is 5.91 Å². The third kappa shape index (κ3) is 13.6. The number of benzene rings is 6. The molecule has 108 heavy (non-hydrogen) atoms. The lowest BCUT2D eigenvalue weighted by Crippen LogP contribution is -2.30. The van der Waals surface area contributed by atoms with Crippen LogP contribution in [0, 0.1) is 17.5 Å². The summed E-state index contributed by atoms with van der Waals surface area (Å²) in [6, 6.07) is 37.6. The number of rotatable bonds is 15. The fraction of sp³-hybridized carbons (Fsp3) is 0.337. The van der Waals surface area contributed by atoms with Crippen LogP contribution < -0.4 is 5.44 Å². The van der Waals surface area contributed by atoms with Gasteiger partial charge in [-0.05, 0) is 221 Å². The molecule has 0 bridgehead atoms. The molecular weight excluding hydrogens is 1380 g/mol. The van der Waals surface area contributed by atoms with E-state index in [0.29, 0.717) is 63.7 Å². The van der Waals surface area contributed by atoms with Crippen LogP contribution in [0.5, 0.6) is 0 Å². The first-order valence-corrected chi connectivity index (χ1v) is 40.2. The smallest absolute Gasteiger partial charge is 0.222 e. The molecule has 6 aromatic heterocycles. The van der Waals surface area contributed by atoms with Gasteiger partial charge < -0.3 is 42.5 Å². The molecule has 0 radical (unpaired) electrons. The highest BCUT2D eigenvalue weighted by molar-refractivity contribution is 7.69. The van der Waals surface area contributed by atoms with E-state index in [-0.39, 0.29) is 41.8 Å². The Labute approximate surface area is 624 Å². The quantitative estimate of drug-likeness (QED) is 0.0975. The normalized spacial score (nSPS) is 16.8. The minimum atomic E-state index is -2.46. The van der Waals surface area contributed by atoms with E-state index >= 15 is 0 Å². The number of hydrogen-bond donors (Lipinski definition) is 1. The van der Waals surface area contributed by atoms with Gasteiger partial charge in [0.15, 0.2) is 0 Å². The predicted molar refractivity (Wildman–Crippen MR) is 419 cm³/mol. The maximum atomic E-state index is 14.0. The van der Waals surface area contributed by atoms with E-state index in [1.165, 1.54) is 75.7 Å². The number of pyridine rings is 1. The number of likely N-dealkylation sites (tertiary alicyclic amines) is 1. The molecule has 0 unspecified atom stereocenters. The van der Waals surface area contributed by atoms with Crippen molar-refractivity contribution in [3.05, 3.63) is 220 Å². The number of aromatic nitrogens is 8. The summed E-state index contributed by atoms with van der Waals surface area (Å²) in [6.45, 7) is 15.9. The second-order valence-electron chi connectivity index (χ2n) is 30.4. The number of nitrogens with zero attached hydrogens (tertiary/aromatic N) is 12. The Morgan fingerprint density at radius 3 is 1.30 bits per heavy atom. The van der Waals surface area contributed by atoms with Crippen molar-refractivity contribution in [3.8, 4) is 50.4 Å². The summed E-state index contributed by atoms with van der Waals surface area (Å²) >= 11 is 0. The van der Waals surface area contributed by atoms with Crippen molar-refractivity contribution >= 4 is 69.8 Å². The Kier molecular flexibility index (Phi) is 19.3. The van der Waals surface area contributed by atoms with Crippen molar-refractivity contribution in [1.29, 1.82) is 0 Å². The minimum absolute atomic E-state index is 0.0108. The second-order valence-corrected chi connectivity index (χ2v) is 33.5. The van der Waals surface area contributed by atoms with Crippen LogP contribution in [0.4, 0.5) is 13.2 Å². The summed E-state index contributed by atoms with van der Waals surface area (Å²) in [5.41, 5.74) is 23.3. The molecule has 13 heterocycles. The molecule has 4 fully saturated rings. The molecule has 22 heteroatoms. The number of fused-ring (bicyclic) bond motifs is 6. The monoisotopic (exact) mass is 1470 g/mol. The number of aliphatic hydroxyl groups is 1. The Balaban J connectivity index is 0.000000119. The largest absolute Gasteiger partial charge is 0.394 e. The number of aliphatic imine (C=N–C) groups is 3. The van der Waals surface area contributed by atoms with Gasteiger partial charge in [0.1, 0.15) is 24.6 Å². The van der Waals surface area contributed by atoms with Crippen molar-refractivity contribution in [3.63, 3.8) is 0 Å². The zero-order valence-corrected chi connectivity index (χ0v) is 62.1. The van der Waals surface area contributed by atoms with Gasteiger partial charge in [-0.2, -0.15) is 10.2 Å². The number of aliphatic hydroxyl groups excluding tert-OH is 1. The lowest BCUT2D eigenvalue weighted by Gasteiger charge is -2.26. The van der Waals surface area contributed by atoms with Crippen molar-refractivity contribution in [1.82, 2.24) is 43.1 Å². The van der Waals surface area contributed by atoms with Crippen LogP contribution in [0.3, 0.4) is 0 Å². The standard InChI is InChI=1S/C30H30FN5O2.C28H29FN4O2.C28H27FN3O2P/c31-24-3-5-25(6-4-24)36-27-15-22-17-32-16-21(22)14-26(27)29(30(36)20-7-12-38-13-8-20)23-18-33-35(19-23)11-10-34-9-1-2-28(34)37;1-28(2,17-34)32-16-21(15-31-32)26-24-11-19-13-30-14-20(19)12-25(24)33(23-5-3-22(29)4-6-23)27(26)18-7-9-35-10-8-18;1-35(2,33)26-8-3-19(17-31-26)27-24-13-20-15-30-16-21(20)14-25(24)32(23-6-4-22(29)5-7-23)28(27)18-9-11-34-12-10-18/h3-6,14-15,17-20H,1-2,7-13,16H2;3-6,11-12,14-16,18,34H,7-10,13,17H2,1-2H3;3-8,13-14,16-18H,9-12,15H2,1-2H3. The highest BCUT2D eigenvalue weighted by Gasteiger charge is 2.35. The molecule has 0 atom stereocenters. The van der Waals surface area contributed by atoms with E-state index in [4.69, 9.17) is 19.3 Å². The van der Waals surface area contributed by atoms with Gasteiger partial charge in [-0.15, -0.1) is 0 Å². The molecule has 7 aliphatic heterocycles. The topological polar surface area (TPSA) is 186 Å². The highest BCUT2D eigenvalue weighted by atomic mass is 31.2. The molecule has 0 aliphatic carbocycles. The molecule has 18 nitrogen and oxygen atoms in total. The van der Waals surface area contributed by atoms with Crippen LogP contribution in [0.25, 0.3) is 83.2 Å². The van der Waals surface area contributed by atoms with Gasteiger partial charge in [0.25, 0.3) is 0 Å². The van der Waals surface area contributed by atoms with E-state index in [1.54, 1.807) is 13.3 Å². The predicted octanol–water partition coefficient (Wildman–Crippen LogP) is 16.2. The number of carbonyl (C=O) groups is 1. The van der Waals surface area contributed by atoms with E-state index < -0.39 is 12.7 Å². The lowest BCUT2D eigenvalue weighted by atomic mass is 9.90. The second kappa shape index (κ2) is 29.4. The molecule has 0 saturated carbocycles. The van der Waals surface area contributed by atoms with Gasteiger partial charge in [-0.1, -0.05) is 6.07 Å². The fourth-order valence-corrected chi connectivity index (χ4v) is 17.6. The zero-order valence-electron chi connectivity index (χ0n) is 61.2. The first-order valence-electron chi connectivity index (χ1n) is 37.6. The Hall–Kier alpha value is -10.2. The summed E-state index contributed by atoms with van der Waals surface area (Å²) in [5.74, 6) is 0.344. The van der Waals surface area contributed by atoms with Crippen LogP contribution in [0.2, 0.25) is 0 Å². The number of halogens is 3. The Bertz CT molecular complexity index is 5550. The summed E-state index contributed by atoms with van der Waals surface area (Å²) < 4.78 is 82.2. The first-order chi connectivity index (χ1) is 52.5. The molecule has 6 aromatic carbocycles. The van der Waals surface area contributed by atoms with Gasteiger partial charge in [0, 0.05) is 198 Å². The van der Waals surface area contributed by atoms with E-state index in [0.717, 1.165) is 172 Å². The van der Waals surface area contributed by atoms with Crippen LogP contribution in [-0.2, 0) is 55.3 Å². The van der Waals surface area contributed by atoms with Gasteiger partial charge >= 0.3 is 0 Å². The molecular formula is C86H86F3N12O6P. The summed E-state index contributed by atoms with van der Waals surface area (Å²) in [4.78, 5) is 32.1. The number of hydrogen-bond acceptors (Lipinski definition) is 12. The summed E-state index contributed by atoms with van der Waals surface area (Å²) in [6.07, 6.45) is 22.8. The summed E-state index contributed by atoms with van der Waals surface area (Å²) in [7, 11) is -2.46. The van der Waals surface area contributed by atoms with Crippen molar-refractivity contribution in [2.24, 2.45) is 15.0 Å². The van der Waals surface area contributed by atoms with Crippen molar-refractivity contribution in [2.75, 3.05) is 72.7 Å². The third-order valence-corrected chi connectivity index (χ3v) is 23.9. The van der Waals surface area contributed by atoms with Crippen LogP contribution in [0.15, 0.2) is 167 Å². The first kappa shape index (κ1) is 70.8. The highest BCUT2D eigenvalue weighted by Crippen LogP contribution is 2.49. The third-order valence-electron chi connectivity index (χ3n) is 22.5. The molecule has 4 saturated heterocycles. The number of ether oxygens (including phenoxy) is 3. The van der Waals surface area contributed by atoms with Gasteiger partial charge in [0.05, 0.1) is 72.7 Å². The molecule has 12 aromatic rings. The molecule has 552 valence electrons. The van der Waals surface area contributed by atoms with Crippen LogP contribution in [-0.4, -0.2) is 145 Å². The van der Waals surface area contributed by atoms with E-state index in [9.17, 15) is 27.6 Å². The number of amides is 1. The molecule has 0 spiro atoms. The molecule has 19 rings (SSSR count). The maximum Gasteiger partial charge on any atom is 0.222 e. The minimum Gasteiger partial charge on any atom is -0.394 e. The Morgan fingerprint density at radius 2 is 0.917 bits per heavy atom. The van der Waals surface area contributed by atoms with Gasteiger partial charge in [-0.25, -0.2) is 13.2 Å². The zero-order chi connectivity index (χ0) is 74.0. The van der Waals surface area contributed by atoms with E-state index in [2.05, 4.69) is 81.4 Å². The maximum absolute atomic E-state index is 14.0. The molecule has 7 aliphatic rings. The average molecular weight is 1470 g/mol. The SMILES string of the molecule is CC(C)(CO)n1cc(-c2c(C3CCOCC3)n(-c3ccc(F)cc3)c3cc4c(cc23)CN=C4)cn1.CP(C)(=O)c1ccc(-c2c(C3CCOCC3)n(-c3ccc(F)cc3)c3cc4c(cc23)CN=C4)cn1.O=C1CCCN1CCn1cc(-c2c(C3CCOCC3)n(-c3ccc(F)cc3)c3cc4c(cc23)CN=C4)cn1. The fourth-order valence-electron chi connectivity index (χ4n) is 16.8. The van der Waals surface area contributed by atoms with Crippen molar-refractivity contribution < 1.29 is 41.8 Å². The van der Waals surface area contributed by atoms with Crippen molar-refractivity contribution in [2.45, 2.75) is 115 Å². The van der Waals surface area contributed by atoms with E-state index in [1.807, 2.05) is 120 Å². The average Bonchev–Trinajstić information content (AvgIpc) is 1.58. The van der Waals surface area contributed by atoms with Gasteiger partial charge in [-0.3, -0.25) is 34.1 Å². The number of carbonyl (C=O) groups excluding carboxylic acids is 1. The molecule has 1 N–H and O–H groups in total. The lowest BCUT2D eigenvalue weighted by molar-refractivity contribution is -0.127. The Morgan fingerprint density at radius 1 is 0.509 bits per heavy atom. The molecule has 1 amide bonds. The van der Waals surface area contributed by atoms with Crippen LogP contribution >= 0.6 is 7.14 Å².